The van der Waals surface area contributed by atoms with Gasteiger partial charge in [-0.15, -0.1) is 0 Å². The average Bonchev–Trinajstić information content (AvgIpc) is 2.38. The molecule has 4 nitrogen and oxygen atoms in total. The zero-order chi connectivity index (χ0) is 12.1. The van der Waals surface area contributed by atoms with Crippen LogP contribution in [-0.2, 0) is 13.0 Å². The second-order valence-electron chi connectivity index (χ2n) is 3.51. The molecule has 5 heteroatoms. The van der Waals surface area contributed by atoms with Crippen LogP contribution in [-0.4, -0.2) is 15.0 Å². The fraction of sp³-hybridized carbons (Fsp3) is 0.250. The standard InChI is InChI=1S/C12H13ClN4/c1-2-9-4-3-5-14-10(9)8-17-12-11(13)15-6-7-16-12/h3-7H,2,8H2,1H3,(H,16,17). The highest BCUT2D eigenvalue weighted by Gasteiger charge is 2.04. The fourth-order valence-corrected chi connectivity index (χ4v) is 1.73. The Labute approximate surface area is 105 Å². The van der Waals surface area contributed by atoms with Crippen molar-refractivity contribution in [1.29, 1.82) is 0 Å². The zero-order valence-electron chi connectivity index (χ0n) is 9.52. The second kappa shape index (κ2) is 5.59. The summed E-state index contributed by atoms with van der Waals surface area (Å²) in [6.07, 6.45) is 5.91. The summed E-state index contributed by atoms with van der Waals surface area (Å²) in [6, 6.07) is 4.01. The largest absolute Gasteiger partial charge is 0.362 e. The molecule has 0 aliphatic rings. The van der Waals surface area contributed by atoms with Crippen LogP contribution in [0.2, 0.25) is 5.15 Å². The molecule has 2 rings (SSSR count). The molecule has 0 saturated heterocycles. The monoisotopic (exact) mass is 248 g/mol. The van der Waals surface area contributed by atoms with Gasteiger partial charge in [0, 0.05) is 18.6 Å². The number of hydrogen-bond donors (Lipinski definition) is 1. The summed E-state index contributed by atoms with van der Waals surface area (Å²) in [7, 11) is 0. The summed E-state index contributed by atoms with van der Waals surface area (Å²) in [5, 5.41) is 3.51. The maximum Gasteiger partial charge on any atom is 0.171 e. The predicted molar refractivity (Wildman–Crippen MR) is 68.0 cm³/mol. The second-order valence-corrected chi connectivity index (χ2v) is 3.87. The lowest BCUT2D eigenvalue weighted by Crippen LogP contribution is -2.06. The third-order valence-electron chi connectivity index (χ3n) is 2.44. The van der Waals surface area contributed by atoms with E-state index in [9.17, 15) is 0 Å². The van der Waals surface area contributed by atoms with Crippen LogP contribution in [0, 0.1) is 0 Å². The maximum atomic E-state index is 5.91. The van der Waals surface area contributed by atoms with Gasteiger partial charge < -0.3 is 5.32 Å². The molecule has 2 aromatic rings. The first-order valence-corrected chi connectivity index (χ1v) is 5.82. The van der Waals surface area contributed by atoms with Crippen LogP contribution in [0.4, 0.5) is 5.82 Å². The third kappa shape index (κ3) is 2.91. The molecular weight excluding hydrogens is 236 g/mol. The molecule has 0 atom stereocenters. The maximum absolute atomic E-state index is 5.91. The molecule has 0 saturated carbocycles. The lowest BCUT2D eigenvalue weighted by Gasteiger charge is -2.08. The summed E-state index contributed by atoms with van der Waals surface area (Å²) in [5.41, 5.74) is 2.23. The molecule has 1 N–H and O–H groups in total. The number of nitrogens with zero attached hydrogens (tertiary/aromatic N) is 3. The van der Waals surface area contributed by atoms with Crippen molar-refractivity contribution in [2.24, 2.45) is 0 Å². The molecule has 0 aliphatic carbocycles. The van der Waals surface area contributed by atoms with Crippen LogP contribution >= 0.6 is 11.6 Å². The molecule has 0 unspecified atom stereocenters. The van der Waals surface area contributed by atoms with Crippen LogP contribution in [0.15, 0.2) is 30.7 Å². The number of pyridine rings is 1. The number of halogens is 1. The smallest absolute Gasteiger partial charge is 0.171 e. The normalized spacial score (nSPS) is 10.2. The van der Waals surface area contributed by atoms with Crippen molar-refractivity contribution in [2.45, 2.75) is 19.9 Å². The molecule has 0 fully saturated rings. The van der Waals surface area contributed by atoms with E-state index in [1.807, 2.05) is 6.07 Å². The summed E-state index contributed by atoms with van der Waals surface area (Å²) in [5.74, 6) is 0.585. The predicted octanol–water partition coefficient (Wildman–Crippen LogP) is 2.70. The highest BCUT2D eigenvalue weighted by Crippen LogP contribution is 2.15. The molecule has 2 heterocycles. The summed E-state index contributed by atoms with van der Waals surface area (Å²) >= 11 is 5.91. The van der Waals surface area contributed by atoms with E-state index in [-0.39, 0.29) is 0 Å². The number of rotatable bonds is 4. The third-order valence-corrected chi connectivity index (χ3v) is 2.72. The molecule has 0 bridgehead atoms. The van der Waals surface area contributed by atoms with Gasteiger partial charge in [-0.3, -0.25) is 4.98 Å². The quantitative estimate of drug-likeness (QED) is 0.904. The van der Waals surface area contributed by atoms with Gasteiger partial charge in [0.2, 0.25) is 0 Å². The Morgan fingerprint density at radius 2 is 2.00 bits per heavy atom. The molecule has 2 aromatic heterocycles. The summed E-state index contributed by atoms with van der Waals surface area (Å²) in [4.78, 5) is 12.4. The Balaban J connectivity index is 2.10. The molecule has 0 aliphatic heterocycles. The Bertz CT molecular complexity index is 501. The fourth-order valence-electron chi connectivity index (χ4n) is 1.56. The lowest BCUT2D eigenvalue weighted by molar-refractivity contribution is 0.961. The van der Waals surface area contributed by atoms with E-state index in [4.69, 9.17) is 11.6 Å². The van der Waals surface area contributed by atoms with Crippen molar-refractivity contribution >= 4 is 17.4 Å². The number of nitrogens with one attached hydrogen (secondary N) is 1. The number of anilines is 1. The molecule has 0 aromatic carbocycles. The minimum Gasteiger partial charge on any atom is -0.362 e. The zero-order valence-corrected chi connectivity index (χ0v) is 10.3. The Morgan fingerprint density at radius 1 is 1.18 bits per heavy atom. The Hall–Kier alpha value is -1.68. The van der Waals surface area contributed by atoms with Crippen molar-refractivity contribution in [3.05, 3.63) is 47.1 Å². The van der Waals surface area contributed by atoms with Gasteiger partial charge in [-0.1, -0.05) is 24.6 Å². The van der Waals surface area contributed by atoms with Gasteiger partial charge in [-0.25, -0.2) is 9.97 Å². The SMILES string of the molecule is CCc1cccnc1CNc1nccnc1Cl. The number of aryl methyl sites for hydroxylation is 1. The topological polar surface area (TPSA) is 50.7 Å². The van der Waals surface area contributed by atoms with Gasteiger partial charge >= 0.3 is 0 Å². The van der Waals surface area contributed by atoms with E-state index in [1.54, 1.807) is 18.6 Å². The molecule has 0 amide bonds. The van der Waals surface area contributed by atoms with E-state index in [2.05, 4.69) is 33.3 Å². The first-order chi connectivity index (χ1) is 8.31. The minimum absolute atomic E-state index is 0.376. The van der Waals surface area contributed by atoms with Gasteiger partial charge in [-0.05, 0) is 18.1 Å². The highest BCUT2D eigenvalue weighted by molar-refractivity contribution is 6.31. The number of hydrogen-bond acceptors (Lipinski definition) is 4. The van der Waals surface area contributed by atoms with Crippen LogP contribution in [0.25, 0.3) is 0 Å². The lowest BCUT2D eigenvalue weighted by atomic mass is 10.1. The van der Waals surface area contributed by atoms with Gasteiger partial charge in [0.25, 0.3) is 0 Å². The van der Waals surface area contributed by atoms with Crippen LogP contribution in [0.5, 0.6) is 0 Å². The van der Waals surface area contributed by atoms with Crippen molar-refractivity contribution in [2.75, 3.05) is 5.32 Å². The van der Waals surface area contributed by atoms with Crippen LogP contribution in [0.3, 0.4) is 0 Å². The Kier molecular flexibility index (Phi) is 3.88. The highest BCUT2D eigenvalue weighted by atomic mass is 35.5. The van der Waals surface area contributed by atoms with Crippen LogP contribution < -0.4 is 5.32 Å². The molecule has 0 radical (unpaired) electrons. The van der Waals surface area contributed by atoms with Crippen molar-refractivity contribution in [3.63, 3.8) is 0 Å². The van der Waals surface area contributed by atoms with Gasteiger partial charge in [0.05, 0.1) is 12.2 Å². The van der Waals surface area contributed by atoms with Gasteiger partial charge in [0.1, 0.15) is 0 Å². The van der Waals surface area contributed by atoms with Crippen molar-refractivity contribution < 1.29 is 0 Å². The molecular formula is C12H13ClN4. The van der Waals surface area contributed by atoms with Gasteiger partial charge in [0.15, 0.2) is 11.0 Å². The average molecular weight is 249 g/mol. The molecule has 17 heavy (non-hydrogen) atoms. The van der Waals surface area contributed by atoms with E-state index in [0.717, 1.165) is 12.1 Å². The van der Waals surface area contributed by atoms with Crippen molar-refractivity contribution in [3.8, 4) is 0 Å². The summed E-state index contributed by atoms with van der Waals surface area (Å²) in [6.45, 7) is 2.71. The van der Waals surface area contributed by atoms with E-state index in [0.29, 0.717) is 17.5 Å². The van der Waals surface area contributed by atoms with E-state index >= 15 is 0 Å². The van der Waals surface area contributed by atoms with Crippen LogP contribution in [0.1, 0.15) is 18.2 Å². The van der Waals surface area contributed by atoms with Gasteiger partial charge in [-0.2, -0.15) is 0 Å². The van der Waals surface area contributed by atoms with E-state index < -0.39 is 0 Å². The first-order valence-electron chi connectivity index (χ1n) is 5.44. The summed E-state index contributed by atoms with van der Waals surface area (Å²) < 4.78 is 0. The minimum atomic E-state index is 0.376. The van der Waals surface area contributed by atoms with E-state index in [1.165, 1.54) is 5.56 Å². The number of aromatic nitrogens is 3. The Morgan fingerprint density at radius 3 is 2.76 bits per heavy atom. The molecule has 0 spiro atoms. The molecule has 88 valence electrons. The van der Waals surface area contributed by atoms with Crippen molar-refractivity contribution in [1.82, 2.24) is 15.0 Å². The first kappa shape index (κ1) is 11.8.